The smallest absolute Gasteiger partial charge is 0.158 e. The minimum atomic E-state index is -0.161. The van der Waals surface area contributed by atoms with Crippen LogP contribution in [-0.4, -0.2) is 50.6 Å². The lowest BCUT2D eigenvalue weighted by atomic mass is 10.1. The van der Waals surface area contributed by atoms with Crippen LogP contribution in [0.3, 0.4) is 0 Å². The van der Waals surface area contributed by atoms with Crippen LogP contribution in [0.2, 0.25) is 0 Å². The van der Waals surface area contributed by atoms with Crippen LogP contribution in [0, 0.1) is 0 Å². The Labute approximate surface area is 113 Å². The number of unbranched alkanes of at least 4 members (excludes halogenated alkanes) is 2. The number of hydrogen-bond donors (Lipinski definition) is 1. The lowest BCUT2D eigenvalue weighted by molar-refractivity contribution is -0.118. The minimum absolute atomic E-state index is 0.161. The summed E-state index contributed by atoms with van der Waals surface area (Å²) in [5.74, 6) is 0. The van der Waals surface area contributed by atoms with Crippen molar-refractivity contribution in [3.8, 4) is 0 Å². The highest BCUT2D eigenvalue weighted by Crippen LogP contribution is 2.14. The molecule has 0 radical (unpaired) electrons. The van der Waals surface area contributed by atoms with Crippen molar-refractivity contribution in [1.82, 2.24) is 4.90 Å². The zero-order chi connectivity index (χ0) is 14.0. The Morgan fingerprint density at radius 3 is 2.11 bits per heavy atom. The maximum absolute atomic E-state index is 5.92. The second-order valence-corrected chi connectivity index (χ2v) is 5.06. The van der Waals surface area contributed by atoms with E-state index in [2.05, 4.69) is 25.7 Å². The van der Waals surface area contributed by atoms with E-state index in [1.165, 1.54) is 19.3 Å². The molecule has 2 N–H and O–H groups in total. The Morgan fingerprint density at radius 1 is 1.11 bits per heavy atom. The molecule has 1 atom stereocenters. The molecule has 0 aromatic carbocycles. The number of nitrogens with zero attached hydrogens (tertiary/aromatic N) is 1. The Hall–Kier alpha value is -0.160. The molecule has 1 unspecified atom stereocenters. The standard InChI is InChI=1S/C14H32N2O2/c1-6-7-8-9-16(12(2)3)13(11-15)10-14(17-4)18-5/h12-14H,6-11,15H2,1-5H3. The largest absolute Gasteiger partial charge is 0.356 e. The molecule has 0 aliphatic heterocycles. The van der Waals surface area contributed by atoms with Crippen molar-refractivity contribution in [1.29, 1.82) is 0 Å². The second-order valence-electron chi connectivity index (χ2n) is 5.06. The Morgan fingerprint density at radius 2 is 1.72 bits per heavy atom. The monoisotopic (exact) mass is 260 g/mol. The van der Waals surface area contributed by atoms with E-state index in [1.807, 2.05) is 0 Å². The molecule has 0 amide bonds. The van der Waals surface area contributed by atoms with E-state index < -0.39 is 0 Å². The highest BCUT2D eigenvalue weighted by molar-refractivity contribution is 4.77. The molecule has 0 bridgehead atoms. The molecule has 0 aromatic rings. The summed E-state index contributed by atoms with van der Waals surface area (Å²) in [4.78, 5) is 2.47. The summed E-state index contributed by atoms with van der Waals surface area (Å²) in [7, 11) is 3.36. The van der Waals surface area contributed by atoms with E-state index >= 15 is 0 Å². The van der Waals surface area contributed by atoms with Crippen LogP contribution < -0.4 is 5.73 Å². The molecule has 0 spiro atoms. The number of hydrogen-bond acceptors (Lipinski definition) is 4. The molecular weight excluding hydrogens is 228 g/mol. The first kappa shape index (κ1) is 17.8. The van der Waals surface area contributed by atoms with Gasteiger partial charge in [0.2, 0.25) is 0 Å². The van der Waals surface area contributed by atoms with Crippen molar-refractivity contribution in [2.24, 2.45) is 5.73 Å². The van der Waals surface area contributed by atoms with E-state index in [9.17, 15) is 0 Å². The first-order chi connectivity index (χ1) is 8.60. The molecule has 110 valence electrons. The Bertz CT molecular complexity index is 185. The van der Waals surface area contributed by atoms with Crippen molar-refractivity contribution < 1.29 is 9.47 Å². The number of nitrogens with two attached hydrogens (primary N) is 1. The fourth-order valence-electron chi connectivity index (χ4n) is 2.28. The maximum atomic E-state index is 5.92. The molecule has 0 aromatic heterocycles. The van der Waals surface area contributed by atoms with Gasteiger partial charge < -0.3 is 15.2 Å². The molecule has 0 rings (SSSR count). The van der Waals surface area contributed by atoms with E-state index in [4.69, 9.17) is 15.2 Å². The lowest BCUT2D eigenvalue weighted by Gasteiger charge is -2.35. The van der Waals surface area contributed by atoms with Crippen LogP contribution >= 0.6 is 0 Å². The third-order valence-electron chi connectivity index (χ3n) is 3.41. The quantitative estimate of drug-likeness (QED) is 0.457. The van der Waals surface area contributed by atoms with Crippen molar-refractivity contribution >= 4 is 0 Å². The third-order valence-corrected chi connectivity index (χ3v) is 3.41. The summed E-state index contributed by atoms with van der Waals surface area (Å²) in [6, 6.07) is 0.830. The maximum Gasteiger partial charge on any atom is 0.158 e. The highest BCUT2D eigenvalue weighted by Gasteiger charge is 2.23. The van der Waals surface area contributed by atoms with Crippen molar-refractivity contribution in [3.63, 3.8) is 0 Å². The molecule has 0 saturated heterocycles. The zero-order valence-electron chi connectivity index (χ0n) is 12.8. The van der Waals surface area contributed by atoms with Gasteiger partial charge in [-0.1, -0.05) is 19.8 Å². The zero-order valence-corrected chi connectivity index (χ0v) is 12.8. The van der Waals surface area contributed by atoms with Gasteiger partial charge in [-0.2, -0.15) is 0 Å². The third kappa shape index (κ3) is 6.69. The number of rotatable bonds is 11. The van der Waals surface area contributed by atoms with Gasteiger partial charge in [0.25, 0.3) is 0 Å². The first-order valence-electron chi connectivity index (χ1n) is 7.12. The van der Waals surface area contributed by atoms with E-state index in [0.29, 0.717) is 18.6 Å². The second kappa shape index (κ2) is 10.7. The Balaban J connectivity index is 4.40. The topological polar surface area (TPSA) is 47.7 Å². The van der Waals surface area contributed by atoms with Crippen molar-refractivity contribution in [2.45, 2.75) is 64.8 Å². The molecule has 18 heavy (non-hydrogen) atoms. The number of ether oxygens (including phenoxy) is 2. The molecular formula is C14H32N2O2. The van der Waals surface area contributed by atoms with Crippen LogP contribution in [-0.2, 0) is 9.47 Å². The van der Waals surface area contributed by atoms with Crippen molar-refractivity contribution in [2.75, 3.05) is 27.3 Å². The lowest BCUT2D eigenvalue weighted by Crippen LogP contribution is -2.47. The summed E-state index contributed by atoms with van der Waals surface area (Å²) >= 11 is 0. The highest BCUT2D eigenvalue weighted by atomic mass is 16.7. The van der Waals surface area contributed by atoms with Crippen LogP contribution in [0.15, 0.2) is 0 Å². The molecule has 0 aliphatic carbocycles. The van der Waals surface area contributed by atoms with Gasteiger partial charge in [-0.05, 0) is 26.8 Å². The predicted octanol–water partition coefficient (Wildman–Crippen LogP) is 2.22. The number of methoxy groups -OCH3 is 2. The van der Waals surface area contributed by atoms with E-state index in [0.717, 1.165) is 13.0 Å². The molecule has 4 heteroatoms. The molecule has 0 aliphatic rings. The predicted molar refractivity (Wildman–Crippen MR) is 76.6 cm³/mol. The Kier molecular flexibility index (Phi) is 10.6. The summed E-state index contributed by atoms with van der Waals surface area (Å²) < 4.78 is 10.6. The molecule has 0 fully saturated rings. The van der Waals surface area contributed by atoms with E-state index in [1.54, 1.807) is 14.2 Å². The van der Waals surface area contributed by atoms with Gasteiger partial charge in [-0.3, -0.25) is 4.90 Å². The molecule has 0 saturated carbocycles. The van der Waals surface area contributed by atoms with Crippen LogP contribution in [0.25, 0.3) is 0 Å². The summed E-state index contributed by atoms with van der Waals surface area (Å²) in [5.41, 5.74) is 5.92. The summed E-state index contributed by atoms with van der Waals surface area (Å²) in [6.45, 7) is 8.43. The minimum Gasteiger partial charge on any atom is -0.356 e. The van der Waals surface area contributed by atoms with Gasteiger partial charge in [-0.25, -0.2) is 0 Å². The van der Waals surface area contributed by atoms with Crippen LogP contribution in [0.1, 0.15) is 46.5 Å². The van der Waals surface area contributed by atoms with Gasteiger partial charge >= 0.3 is 0 Å². The van der Waals surface area contributed by atoms with Gasteiger partial charge in [0.05, 0.1) is 0 Å². The van der Waals surface area contributed by atoms with Crippen LogP contribution in [0.5, 0.6) is 0 Å². The average Bonchev–Trinajstić information content (AvgIpc) is 2.37. The average molecular weight is 260 g/mol. The van der Waals surface area contributed by atoms with Gasteiger partial charge in [0.15, 0.2) is 6.29 Å². The summed E-state index contributed by atoms with van der Waals surface area (Å²) in [5, 5.41) is 0. The first-order valence-corrected chi connectivity index (χ1v) is 7.12. The molecule has 0 heterocycles. The molecule has 4 nitrogen and oxygen atoms in total. The van der Waals surface area contributed by atoms with Crippen LogP contribution in [0.4, 0.5) is 0 Å². The summed E-state index contributed by atoms with van der Waals surface area (Å²) in [6.07, 6.45) is 4.42. The normalized spacial score (nSPS) is 13.8. The van der Waals surface area contributed by atoms with Gasteiger partial charge in [-0.15, -0.1) is 0 Å². The van der Waals surface area contributed by atoms with Gasteiger partial charge in [0, 0.05) is 39.3 Å². The SMILES string of the molecule is CCCCCN(C(C)C)C(CN)CC(OC)OC. The van der Waals surface area contributed by atoms with Crippen molar-refractivity contribution in [3.05, 3.63) is 0 Å². The van der Waals surface area contributed by atoms with E-state index in [-0.39, 0.29) is 6.29 Å². The fraction of sp³-hybridized carbons (Fsp3) is 1.00. The van der Waals surface area contributed by atoms with Gasteiger partial charge in [0.1, 0.15) is 0 Å². The fourth-order valence-corrected chi connectivity index (χ4v) is 2.28.